The maximum atomic E-state index is 12.0. The first-order chi connectivity index (χ1) is 8.67. The zero-order valence-electron chi connectivity index (χ0n) is 11.8. The highest BCUT2D eigenvalue weighted by Gasteiger charge is 2.23. The van der Waals surface area contributed by atoms with Gasteiger partial charge in [0.15, 0.2) is 0 Å². The summed E-state index contributed by atoms with van der Waals surface area (Å²) in [5.74, 6) is 1.61. The predicted molar refractivity (Wildman–Crippen MR) is 77.2 cm³/mol. The van der Waals surface area contributed by atoms with Crippen LogP contribution in [0.15, 0.2) is 0 Å². The minimum absolute atomic E-state index is 0.0624. The van der Waals surface area contributed by atoms with Crippen molar-refractivity contribution in [3.8, 4) is 0 Å². The van der Waals surface area contributed by atoms with Crippen LogP contribution in [-0.2, 0) is 4.74 Å². The maximum Gasteiger partial charge on any atom is 0.317 e. The second-order valence-electron chi connectivity index (χ2n) is 4.97. The third-order valence-corrected chi connectivity index (χ3v) is 3.99. The minimum Gasteiger partial charge on any atom is -0.375 e. The standard InChI is InChI=1S/C13H26N2O2S/c1-4-5-12-9-15(6-7-17-12)13(16)14-8-11(2)10-18-3/h11-12H,4-10H2,1-3H3,(H,14,16). The molecule has 2 atom stereocenters. The number of rotatable bonds is 6. The Kier molecular flexibility index (Phi) is 7.51. The zero-order chi connectivity index (χ0) is 13.4. The fourth-order valence-electron chi connectivity index (χ4n) is 2.12. The molecule has 1 heterocycles. The molecule has 1 rings (SSSR count). The highest BCUT2D eigenvalue weighted by Crippen LogP contribution is 2.10. The third-order valence-electron chi connectivity index (χ3n) is 3.09. The van der Waals surface area contributed by atoms with Crippen LogP contribution >= 0.6 is 11.8 Å². The van der Waals surface area contributed by atoms with Crippen LogP contribution in [0.1, 0.15) is 26.7 Å². The lowest BCUT2D eigenvalue weighted by Crippen LogP contribution is -2.50. The zero-order valence-corrected chi connectivity index (χ0v) is 12.6. The Morgan fingerprint density at radius 1 is 1.61 bits per heavy atom. The Morgan fingerprint density at radius 3 is 3.06 bits per heavy atom. The molecule has 0 aromatic rings. The van der Waals surface area contributed by atoms with Gasteiger partial charge in [-0.05, 0) is 24.3 Å². The normalized spacial score (nSPS) is 21.7. The summed E-state index contributed by atoms with van der Waals surface area (Å²) in [6.07, 6.45) is 4.45. The molecule has 18 heavy (non-hydrogen) atoms. The second-order valence-corrected chi connectivity index (χ2v) is 5.88. The van der Waals surface area contributed by atoms with Crippen LogP contribution < -0.4 is 5.32 Å². The number of carbonyl (C=O) groups is 1. The largest absolute Gasteiger partial charge is 0.375 e. The van der Waals surface area contributed by atoms with Crippen molar-refractivity contribution in [2.75, 3.05) is 38.2 Å². The van der Waals surface area contributed by atoms with Gasteiger partial charge in [-0.15, -0.1) is 0 Å². The Bertz CT molecular complexity index is 249. The fourth-order valence-corrected chi connectivity index (χ4v) is 2.80. The van der Waals surface area contributed by atoms with Crippen molar-refractivity contribution in [2.45, 2.75) is 32.8 Å². The van der Waals surface area contributed by atoms with E-state index in [1.54, 1.807) is 0 Å². The molecule has 0 spiro atoms. The van der Waals surface area contributed by atoms with Crippen molar-refractivity contribution in [3.63, 3.8) is 0 Å². The molecule has 0 bridgehead atoms. The lowest BCUT2D eigenvalue weighted by atomic mass is 10.2. The lowest BCUT2D eigenvalue weighted by molar-refractivity contribution is -0.0181. The van der Waals surface area contributed by atoms with Crippen molar-refractivity contribution in [1.82, 2.24) is 10.2 Å². The van der Waals surface area contributed by atoms with Crippen molar-refractivity contribution in [3.05, 3.63) is 0 Å². The molecule has 0 radical (unpaired) electrons. The van der Waals surface area contributed by atoms with Gasteiger partial charge in [0.05, 0.1) is 12.7 Å². The summed E-state index contributed by atoms with van der Waals surface area (Å²) in [5, 5.41) is 3.02. The molecule has 2 unspecified atom stereocenters. The van der Waals surface area contributed by atoms with Gasteiger partial charge in [0.2, 0.25) is 0 Å². The summed E-state index contributed by atoms with van der Waals surface area (Å²) in [7, 11) is 0. The number of amides is 2. The van der Waals surface area contributed by atoms with Gasteiger partial charge < -0.3 is 15.0 Å². The summed E-state index contributed by atoms with van der Waals surface area (Å²) in [6, 6.07) is 0.0624. The van der Waals surface area contributed by atoms with Gasteiger partial charge >= 0.3 is 6.03 Å². The summed E-state index contributed by atoms with van der Waals surface area (Å²) >= 11 is 1.82. The van der Waals surface area contributed by atoms with E-state index in [4.69, 9.17) is 4.74 Å². The number of urea groups is 1. The van der Waals surface area contributed by atoms with Crippen LogP contribution in [0.4, 0.5) is 4.79 Å². The molecule has 1 N–H and O–H groups in total. The molecule has 4 nitrogen and oxygen atoms in total. The molecule has 106 valence electrons. The molecule has 5 heteroatoms. The van der Waals surface area contributed by atoms with Crippen LogP contribution in [-0.4, -0.2) is 55.3 Å². The Morgan fingerprint density at radius 2 is 2.39 bits per heavy atom. The summed E-state index contributed by atoms with van der Waals surface area (Å²) < 4.78 is 5.64. The molecular formula is C13H26N2O2S. The average Bonchev–Trinajstić information content (AvgIpc) is 2.37. The third kappa shape index (κ3) is 5.48. The van der Waals surface area contributed by atoms with Gasteiger partial charge in [-0.1, -0.05) is 20.3 Å². The number of nitrogens with zero attached hydrogens (tertiary/aromatic N) is 1. The first-order valence-corrected chi connectivity index (χ1v) is 8.20. The monoisotopic (exact) mass is 274 g/mol. The number of hydrogen-bond donors (Lipinski definition) is 1. The van der Waals surface area contributed by atoms with E-state index < -0.39 is 0 Å². The van der Waals surface area contributed by atoms with Crippen LogP contribution in [0.2, 0.25) is 0 Å². The van der Waals surface area contributed by atoms with E-state index >= 15 is 0 Å². The van der Waals surface area contributed by atoms with Gasteiger partial charge in [0, 0.05) is 19.6 Å². The van der Waals surface area contributed by atoms with Crippen molar-refractivity contribution in [1.29, 1.82) is 0 Å². The number of nitrogens with one attached hydrogen (secondary N) is 1. The Balaban J connectivity index is 2.28. The quantitative estimate of drug-likeness (QED) is 0.807. The highest BCUT2D eigenvalue weighted by molar-refractivity contribution is 7.98. The molecule has 1 saturated heterocycles. The molecule has 0 aromatic heterocycles. The first-order valence-electron chi connectivity index (χ1n) is 6.80. The fraction of sp³-hybridized carbons (Fsp3) is 0.923. The van der Waals surface area contributed by atoms with E-state index in [9.17, 15) is 4.79 Å². The molecule has 0 aromatic carbocycles. The number of carbonyl (C=O) groups excluding carboxylic acids is 1. The topological polar surface area (TPSA) is 41.6 Å². The van der Waals surface area contributed by atoms with E-state index in [0.717, 1.165) is 31.7 Å². The van der Waals surface area contributed by atoms with Crippen LogP contribution in [0.5, 0.6) is 0 Å². The Hall–Kier alpha value is -0.420. The van der Waals surface area contributed by atoms with E-state index in [1.807, 2.05) is 16.7 Å². The molecule has 1 aliphatic heterocycles. The number of hydrogen-bond acceptors (Lipinski definition) is 3. The summed E-state index contributed by atoms with van der Waals surface area (Å²) in [6.45, 7) is 7.18. The predicted octanol–water partition coefficient (Wildman–Crippen LogP) is 2.20. The Labute approximate surface area is 115 Å². The molecule has 2 amide bonds. The van der Waals surface area contributed by atoms with E-state index in [2.05, 4.69) is 25.4 Å². The lowest BCUT2D eigenvalue weighted by Gasteiger charge is -2.33. The smallest absolute Gasteiger partial charge is 0.317 e. The SMILES string of the molecule is CCCC1CN(C(=O)NCC(C)CSC)CCO1. The molecule has 0 aliphatic carbocycles. The number of ether oxygens (including phenoxy) is 1. The second kappa shape index (κ2) is 8.64. The van der Waals surface area contributed by atoms with Crippen molar-refractivity contribution in [2.24, 2.45) is 5.92 Å². The average molecular weight is 274 g/mol. The minimum atomic E-state index is 0.0624. The molecular weight excluding hydrogens is 248 g/mol. The van der Waals surface area contributed by atoms with Gasteiger partial charge in [-0.3, -0.25) is 0 Å². The van der Waals surface area contributed by atoms with Crippen LogP contribution in [0.25, 0.3) is 0 Å². The van der Waals surface area contributed by atoms with Crippen LogP contribution in [0, 0.1) is 5.92 Å². The van der Waals surface area contributed by atoms with Crippen LogP contribution in [0.3, 0.4) is 0 Å². The van der Waals surface area contributed by atoms with E-state index in [0.29, 0.717) is 19.1 Å². The maximum absolute atomic E-state index is 12.0. The highest BCUT2D eigenvalue weighted by atomic mass is 32.2. The first kappa shape index (κ1) is 15.6. The van der Waals surface area contributed by atoms with Crippen molar-refractivity contribution < 1.29 is 9.53 Å². The molecule has 0 saturated carbocycles. The molecule has 1 aliphatic rings. The number of thioether (sulfide) groups is 1. The summed E-state index contributed by atoms with van der Waals surface area (Å²) in [5.41, 5.74) is 0. The van der Waals surface area contributed by atoms with Gasteiger partial charge in [0.25, 0.3) is 0 Å². The van der Waals surface area contributed by atoms with E-state index in [1.165, 1.54) is 0 Å². The van der Waals surface area contributed by atoms with Crippen molar-refractivity contribution >= 4 is 17.8 Å². The number of morpholine rings is 1. The molecule has 1 fully saturated rings. The summed E-state index contributed by atoms with van der Waals surface area (Å²) in [4.78, 5) is 13.9. The van der Waals surface area contributed by atoms with Gasteiger partial charge in [-0.25, -0.2) is 4.79 Å². The van der Waals surface area contributed by atoms with E-state index in [-0.39, 0.29) is 12.1 Å². The van der Waals surface area contributed by atoms with Gasteiger partial charge in [-0.2, -0.15) is 11.8 Å². The van der Waals surface area contributed by atoms with Gasteiger partial charge in [0.1, 0.15) is 0 Å².